The van der Waals surface area contributed by atoms with Crippen molar-refractivity contribution in [3.05, 3.63) is 17.8 Å². The predicted octanol–water partition coefficient (Wildman–Crippen LogP) is 1.82. The minimum absolute atomic E-state index is 0.248. The second kappa shape index (κ2) is 5.77. The normalized spacial score (nSPS) is 10.8. The van der Waals surface area contributed by atoms with Gasteiger partial charge in [0.1, 0.15) is 11.8 Å². The zero-order valence-corrected chi connectivity index (χ0v) is 10.7. The molecule has 2 rings (SSSR count). The van der Waals surface area contributed by atoms with E-state index in [9.17, 15) is 4.79 Å². The van der Waals surface area contributed by atoms with E-state index in [-0.39, 0.29) is 5.97 Å². The molecular weight excluding hydrogens is 256 g/mol. The first kappa shape index (κ1) is 12.8. The highest BCUT2D eigenvalue weighted by Crippen LogP contribution is 2.17. The zero-order chi connectivity index (χ0) is 13.0. The quantitative estimate of drug-likeness (QED) is 0.470. The molecule has 0 saturated heterocycles. The van der Waals surface area contributed by atoms with Crippen LogP contribution in [0.4, 0.5) is 0 Å². The molecule has 0 fully saturated rings. The van der Waals surface area contributed by atoms with Gasteiger partial charge in [-0.25, -0.2) is 15.0 Å². The maximum Gasteiger partial charge on any atom is 0.302 e. The Morgan fingerprint density at radius 1 is 1.39 bits per heavy atom. The lowest BCUT2D eigenvalue weighted by molar-refractivity contribution is -0.141. The lowest BCUT2D eigenvalue weighted by Crippen LogP contribution is -2.03. The number of imidazole rings is 1. The number of rotatable bonds is 5. The van der Waals surface area contributed by atoms with Crippen molar-refractivity contribution in [3.8, 4) is 0 Å². The van der Waals surface area contributed by atoms with Gasteiger partial charge in [-0.15, -0.1) is 0 Å². The fourth-order valence-electron chi connectivity index (χ4n) is 1.62. The number of aryl methyl sites for hydroxylation is 1. The van der Waals surface area contributed by atoms with E-state index in [4.69, 9.17) is 16.3 Å². The average Bonchev–Trinajstić information content (AvgIpc) is 2.73. The van der Waals surface area contributed by atoms with Crippen LogP contribution in [0.25, 0.3) is 11.2 Å². The second-order valence-corrected chi connectivity index (χ2v) is 4.18. The molecule has 0 aromatic carbocycles. The number of fused-ring (bicyclic) bond motifs is 1. The molecule has 0 N–H and O–H groups in total. The van der Waals surface area contributed by atoms with Gasteiger partial charge in [0.15, 0.2) is 10.8 Å². The minimum atomic E-state index is -0.248. The van der Waals surface area contributed by atoms with Crippen molar-refractivity contribution >= 4 is 28.7 Å². The van der Waals surface area contributed by atoms with Crippen molar-refractivity contribution in [1.29, 1.82) is 0 Å². The second-order valence-electron chi connectivity index (χ2n) is 3.82. The Hall–Kier alpha value is -1.69. The number of halogens is 1. The lowest BCUT2D eigenvalue weighted by Gasteiger charge is -2.04. The van der Waals surface area contributed by atoms with Crippen LogP contribution in [0.2, 0.25) is 5.15 Å². The van der Waals surface area contributed by atoms with Crippen molar-refractivity contribution in [1.82, 2.24) is 19.5 Å². The van der Waals surface area contributed by atoms with Gasteiger partial charge in [0.25, 0.3) is 0 Å². The molecule has 2 heterocycles. The summed E-state index contributed by atoms with van der Waals surface area (Å²) < 4.78 is 6.77. The Balaban J connectivity index is 1.92. The number of hydrogen-bond donors (Lipinski definition) is 0. The smallest absolute Gasteiger partial charge is 0.302 e. The number of ether oxygens (including phenoxy) is 1. The van der Waals surface area contributed by atoms with Gasteiger partial charge in [-0.05, 0) is 12.8 Å². The summed E-state index contributed by atoms with van der Waals surface area (Å²) in [4.78, 5) is 22.8. The highest BCUT2D eigenvalue weighted by molar-refractivity contribution is 6.33. The molecule has 2 aromatic heterocycles. The van der Waals surface area contributed by atoms with E-state index in [2.05, 4.69) is 15.0 Å². The third kappa shape index (κ3) is 2.95. The summed E-state index contributed by atoms with van der Waals surface area (Å²) in [6.45, 7) is 2.60. The van der Waals surface area contributed by atoms with E-state index < -0.39 is 0 Å². The van der Waals surface area contributed by atoms with Crippen LogP contribution in [0.5, 0.6) is 0 Å². The maximum atomic E-state index is 10.6. The summed E-state index contributed by atoms with van der Waals surface area (Å²) in [5.74, 6) is -0.248. The zero-order valence-electron chi connectivity index (χ0n) is 9.97. The number of hydrogen-bond acceptors (Lipinski definition) is 5. The van der Waals surface area contributed by atoms with Gasteiger partial charge >= 0.3 is 5.97 Å². The molecule has 2 aromatic rings. The summed E-state index contributed by atoms with van der Waals surface area (Å²) in [7, 11) is 0. The molecule has 0 aliphatic carbocycles. The highest BCUT2D eigenvalue weighted by atomic mass is 35.5. The molecule has 6 nitrogen and oxygen atoms in total. The van der Waals surface area contributed by atoms with Crippen molar-refractivity contribution in [2.75, 3.05) is 6.61 Å². The van der Waals surface area contributed by atoms with Gasteiger partial charge in [0, 0.05) is 13.5 Å². The Morgan fingerprint density at radius 3 is 3.00 bits per heavy atom. The summed E-state index contributed by atoms with van der Waals surface area (Å²) in [6.07, 6.45) is 4.79. The van der Waals surface area contributed by atoms with Crippen LogP contribution in [0.3, 0.4) is 0 Å². The van der Waals surface area contributed by atoms with Gasteiger partial charge in [-0.3, -0.25) is 4.79 Å². The van der Waals surface area contributed by atoms with Crippen LogP contribution in [0.15, 0.2) is 12.7 Å². The van der Waals surface area contributed by atoms with Crippen LogP contribution in [0, 0.1) is 0 Å². The van der Waals surface area contributed by atoms with Gasteiger partial charge in [0.2, 0.25) is 0 Å². The van der Waals surface area contributed by atoms with Crippen LogP contribution >= 0.6 is 11.6 Å². The largest absolute Gasteiger partial charge is 0.466 e. The first-order chi connectivity index (χ1) is 8.68. The molecule has 0 bridgehead atoms. The third-order valence-corrected chi connectivity index (χ3v) is 2.73. The molecule has 0 amide bonds. The summed E-state index contributed by atoms with van der Waals surface area (Å²) in [6, 6.07) is 0. The molecule has 96 valence electrons. The van der Waals surface area contributed by atoms with E-state index in [1.54, 1.807) is 6.33 Å². The van der Waals surface area contributed by atoms with Crippen molar-refractivity contribution < 1.29 is 9.53 Å². The fourth-order valence-corrected chi connectivity index (χ4v) is 1.79. The molecule has 0 spiro atoms. The van der Waals surface area contributed by atoms with Crippen molar-refractivity contribution in [3.63, 3.8) is 0 Å². The Morgan fingerprint density at radius 2 is 2.22 bits per heavy atom. The first-order valence-corrected chi connectivity index (χ1v) is 6.01. The molecule has 7 heteroatoms. The standard InChI is InChI=1S/C11H13ClN4O2/c1-8(17)18-5-3-2-4-16-7-15-9-10(12)13-6-14-11(9)16/h6-7H,2-5H2,1H3. The Bertz CT molecular complexity index is 555. The van der Waals surface area contributed by atoms with Crippen LogP contribution in [-0.2, 0) is 16.1 Å². The van der Waals surface area contributed by atoms with Crippen LogP contribution in [-0.4, -0.2) is 32.1 Å². The van der Waals surface area contributed by atoms with E-state index in [1.165, 1.54) is 13.3 Å². The number of carbonyl (C=O) groups is 1. The van der Waals surface area contributed by atoms with E-state index in [1.807, 2.05) is 4.57 Å². The number of unbranched alkanes of at least 4 members (excludes halogenated alkanes) is 1. The molecule has 18 heavy (non-hydrogen) atoms. The summed E-state index contributed by atoms with van der Waals surface area (Å²) >= 11 is 5.90. The molecule has 0 saturated carbocycles. The lowest BCUT2D eigenvalue weighted by atomic mass is 10.3. The predicted molar refractivity (Wildman–Crippen MR) is 66.2 cm³/mol. The Kier molecular flexibility index (Phi) is 4.09. The molecule has 0 atom stereocenters. The minimum Gasteiger partial charge on any atom is -0.466 e. The molecule has 0 aliphatic rings. The van der Waals surface area contributed by atoms with Crippen LogP contribution in [0.1, 0.15) is 19.8 Å². The van der Waals surface area contributed by atoms with E-state index in [0.717, 1.165) is 25.0 Å². The Labute approximate surface area is 109 Å². The van der Waals surface area contributed by atoms with Gasteiger partial charge in [-0.1, -0.05) is 11.6 Å². The summed E-state index contributed by atoms with van der Waals surface area (Å²) in [5.41, 5.74) is 1.33. The SMILES string of the molecule is CC(=O)OCCCCn1cnc2c(Cl)ncnc21. The van der Waals surface area contributed by atoms with Crippen LogP contribution < -0.4 is 0 Å². The fraction of sp³-hybridized carbons (Fsp3) is 0.455. The van der Waals surface area contributed by atoms with E-state index in [0.29, 0.717) is 17.3 Å². The topological polar surface area (TPSA) is 69.9 Å². The first-order valence-electron chi connectivity index (χ1n) is 5.63. The van der Waals surface area contributed by atoms with Crippen molar-refractivity contribution in [2.45, 2.75) is 26.3 Å². The molecular formula is C11H13ClN4O2. The number of esters is 1. The van der Waals surface area contributed by atoms with E-state index >= 15 is 0 Å². The maximum absolute atomic E-state index is 10.6. The van der Waals surface area contributed by atoms with Gasteiger partial charge < -0.3 is 9.30 Å². The summed E-state index contributed by atoms with van der Waals surface area (Å²) in [5, 5.41) is 0.360. The molecule has 0 aliphatic heterocycles. The van der Waals surface area contributed by atoms with Crippen molar-refractivity contribution in [2.24, 2.45) is 0 Å². The molecule has 0 unspecified atom stereocenters. The highest BCUT2D eigenvalue weighted by Gasteiger charge is 2.07. The monoisotopic (exact) mass is 268 g/mol. The number of nitrogens with zero attached hydrogens (tertiary/aromatic N) is 4. The number of aromatic nitrogens is 4. The van der Waals surface area contributed by atoms with Gasteiger partial charge in [0.05, 0.1) is 12.9 Å². The third-order valence-electron chi connectivity index (χ3n) is 2.46. The molecule has 0 radical (unpaired) electrons. The average molecular weight is 269 g/mol. The van der Waals surface area contributed by atoms with Gasteiger partial charge in [-0.2, -0.15) is 0 Å². The number of carbonyl (C=O) groups excluding carboxylic acids is 1.